The van der Waals surface area contributed by atoms with Gasteiger partial charge in [-0.25, -0.2) is 4.79 Å². The van der Waals surface area contributed by atoms with E-state index in [9.17, 15) is 9.59 Å². The Morgan fingerprint density at radius 3 is 2.42 bits per heavy atom. The first-order valence-corrected chi connectivity index (χ1v) is 3.40. The van der Waals surface area contributed by atoms with Crippen LogP contribution in [0.4, 0.5) is 0 Å². The highest BCUT2D eigenvalue weighted by Gasteiger charge is 2.17. The summed E-state index contributed by atoms with van der Waals surface area (Å²) in [5, 5.41) is 10.7. The van der Waals surface area contributed by atoms with Gasteiger partial charge in [0.05, 0.1) is 6.04 Å². The number of hydrogen-bond acceptors (Lipinski definition) is 3. The Hall–Kier alpha value is -1.36. The number of nitrogens with one attached hydrogen (secondary N) is 1. The van der Waals surface area contributed by atoms with E-state index in [2.05, 4.69) is 11.9 Å². The van der Waals surface area contributed by atoms with Crippen LogP contribution in [0.2, 0.25) is 0 Å². The fourth-order valence-electron chi connectivity index (χ4n) is 0.506. The van der Waals surface area contributed by atoms with Crippen molar-refractivity contribution in [3.05, 3.63) is 12.7 Å². The van der Waals surface area contributed by atoms with E-state index in [4.69, 9.17) is 10.8 Å². The molecule has 0 aliphatic rings. The number of carboxylic acids is 1. The fourth-order valence-corrected chi connectivity index (χ4v) is 0.506. The molecule has 0 aromatic carbocycles. The van der Waals surface area contributed by atoms with Crippen molar-refractivity contribution < 1.29 is 14.7 Å². The van der Waals surface area contributed by atoms with Crippen LogP contribution in [0.1, 0.15) is 6.92 Å². The summed E-state index contributed by atoms with van der Waals surface area (Å²) in [5.74, 6) is -1.67. The van der Waals surface area contributed by atoms with E-state index in [-0.39, 0.29) is 0 Å². The first kappa shape index (κ1) is 10.6. The van der Waals surface area contributed by atoms with E-state index in [0.29, 0.717) is 0 Å². The van der Waals surface area contributed by atoms with Crippen molar-refractivity contribution in [1.82, 2.24) is 5.32 Å². The molecule has 0 rings (SSSR count). The molecule has 0 aromatic heterocycles. The number of rotatable bonds is 4. The third-order valence-electron chi connectivity index (χ3n) is 1.21. The molecule has 5 heteroatoms. The van der Waals surface area contributed by atoms with Gasteiger partial charge in [-0.3, -0.25) is 4.79 Å². The molecule has 68 valence electrons. The Balaban J connectivity index is 4.12. The quantitative estimate of drug-likeness (QED) is 0.478. The highest BCUT2D eigenvalue weighted by molar-refractivity contribution is 5.87. The van der Waals surface area contributed by atoms with Crippen LogP contribution in [0, 0.1) is 0 Å². The van der Waals surface area contributed by atoms with E-state index in [1.807, 2.05) is 0 Å². The van der Waals surface area contributed by atoms with Gasteiger partial charge in [0.2, 0.25) is 5.91 Å². The van der Waals surface area contributed by atoms with E-state index < -0.39 is 24.0 Å². The molecule has 2 atom stereocenters. The number of aliphatic carboxylic acids is 1. The van der Waals surface area contributed by atoms with Crippen molar-refractivity contribution in [1.29, 1.82) is 0 Å². The number of carbonyl (C=O) groups excluding carboxylic acids is 1. The molecule has 5 nitrogen and oxygen atoms in total. The summed E-state index contributed by atoms with van der Waals surface area (Å²) < 4.78 is 0. The minimum absolute atomic E-state index is 0.512. The monoisotopic (exact) mass is 172 g/mol. The standard InChI is InChI=1S/C7H12N2O3/c1-3-5(7(11)12)9-6(10)4(2)8/h3-5H,1,8H2,2H3,(H,9,10)(H,11,12)/t4-,5-/m0/s1. The second-order valence-corrected chi connectivity index (χ2v) is 2.35. The predicted octanol–water partition coefficient (Wildman–Crippen LogP) is -0.911. The van der Waals surface area contributed by atoms with Crippen molar-refractivity contribution in [2.75, 3.05) is 0 Å². The molecule has 0 aliphatic heterocycles. The molecule has 0 saturated carbocycles. The molecule has 0 bridgehead atoms. The first-order valence-electron chi connectivity index (χ1n) is 3.40. The molecule has 0 unspecified atom stereocenters. The molecule has 1 amide bonds. The highest BCUT2D eigenvalue weighted by atomic mass is 16.4. The lowest BCUT2D eigenvalue weighted by molar-refractivity contribution is -0.140. The van der Waals surface area contributed by atoms with E-state index in [1.54, 1.807) is 0 Å². The lowest BCUT2D eigenvalue weighted by Gasteiger charge is -2.11. The van der Waals surface area contributed by atoms with Crippen LogP contribution in [0.5, 0.6) is 0 Å². The van der Waals surface area contributed by atoms with Crippen molar-refractivity contribution >= 4 is 11.9 Å². The Labute approximate surface area is 70.2 Å². The van der Waals surface area contributed by atoms with Crippen molar-refractivity contribution in [3.8, 4) is 0 Å². The Morgan fingerprint density at radius 2 is 2.17 bits per heavy atom. The summed E-state index contributed by atoms with van der Waals surface area (Å²) in [5.41, 5.74) is 5.20. The van der Waals surface area contributed by atoms with E-state index in [0.717, 1.165) is 6.08 Å². The van der Waals surface area contributed by atoms with Crippen LogP contribution >= 0.6 is 0 Å². The van der Waals surface area contributed by atoms with Crippen LogP contribution < -0.4 is 11.1 Å². The van der Waals surface area contributed by atoms with Crippen molar-refractivity contribution in [3.63, 3.8) is 0 Å². The predicted molar refractivity (Wildman–Crippen MR) is 43.4 cm³/mol. The molecular weight excluding hydrogens is 160 g/mol. The smallest absolute Gasteiger partial charge is 0.330 e. The van der Waals surface area contributed by atoms with Gasteiger partial charge in [0.25, 0.3) is 0 Å². The van der Waals surface area contributed by atoms with Crippen LogP contribution in [-0.4, -0.2) is 29.1 Å². The molecular formula is C7H12N2O3. The molecule has 0 heterocycles. The largest absolute Gasteiger partial charge is 0.479 e. The van der Waals surface area contributed by atoms with Crippen LogP contribution in [0.15, 0.2) is 12.7 Å². The zero-order valence-electron chi connectivity index (χ0n) is 6.78. The second kappa shape index (κ2) is 4.50. The lowest BCUT2D eigenvalue weighted by Crippen LogP contribution is -2.46. The summed E-state index contributed by atoms with van der Waals surface area (Å²) in [7, 11) is 0. The highest BCUT2D eigenvalue weighted by Crippen LogP contribution is 1.86. The van der Waals surface area contributed by atoms with Gasteiger partial charge >= 0.3 is 5.97 Å². The van der Waals surface area contributed by atoms with E-state index in [1.165, 1.54) is 6.92 Å². The zero-order valence-corrected chi connectivity index (χ0v) is 6.78. The lowest BCUT2D eigenvalue weighted by atomic mass is 10.2. The van der Waals surface area contributed by atoms with Crippen LogP contribution in [0.25, 0.3) is 0 Å². The van der Waals surface area contributed by atoms with Gasteiger partial charge in [0, 0.05) is 0 Å². The topological polar surface area (TPSA) is 92.4 Å². The fraction of sp³-hybridized carbons (Fsp3) is 0.429. The molecule has 0 aliphatic carbocycles. The third-order valence-corrected chi connectivity index (χ3v) is 1.21. The van der Waals surface area contributed by atoms with E-state index >= 15 is 0 Å². The molecule has 0 fully saturated rings. The van der Waals surface area contributed by atoms with Gasteiger partial charge in [-0.05, 0) is 6.92 Å². The van der Waals surface area contributed by atoms with Gasteiger partial charge in [0.15, 0.2) is 0 Å². The number of nitrogens with two attached hydrogens (primary N) is 1. The molecule has 0 radical (unpaired) electrons. The third kappa shape index (κ3) is 3.16. The SMILES string of the molecule is C=C[C@H](NC(=O)[C@H](C)N)C(=O)O. The number of carboxylic acid groups (broad SMARTS) is 1. The zero-order chi connectivity index (χ0) is 9.72. The van der Waals surface area contributed by atoms with Gasteiger partial charge in [-0.1, -0.05) is 6.08 Å². The Morgan fingerprint density at radius 1 is 1.67 bits per heavy atom. The summed E-state index contributed by atoms with van der Waals surface area (Å²) in [6.45, 7) is 4.73. The maximum atomic E-state index is 10.9. The normalized spacial score (nSPS) is 14.5. The maximum absolute atomic E-state index is 10.9. The number of amides is 1. The van der Waals surface area contributed by atoms with Crippen molar-refractivity contribution in [2.24, 2.45) is 5.73 Å². The maximum Gasteiger partial charge on any atom is 0.330 e. The number of carbonyl (C=O) groups is 2. The Kier molecular flexibility index (Phi) is 3.99. The Bertz CT molecular complexity index is 201. The number of hydrogen-bond donors (Lipinski definition) is 3. The minimum atomic E-state index is -1.15. The molecule has 4 N–H and O–H groups in total. The van der Waals surface area contributed by atoms with Crippen LogP contribution in [0.3, 0.4) is 0 Å². The van der Waals surface area contributed by atoms with Gasteiger partial charge in [0.1, 0.15) is 6.04 Å². The van der Waals surface area contributed by atoms with Gasteiger partial charge in [-0.2, -0.15) is 0 Å². The summed E-state index contributed by atoms with van der Waals surface area (Å²) >= 11 is 0. The molecule has 0 spiro atoms. The first-order chi connectivity index (χ1) is 5.49. The summed E-state index contributed by atoms with van der Waals surface area (Å²) in [4.78, 5) is 21.2. The van der Waals surface area contributed by atoms with Gasteiger partial charge in [-0.15, -0.1) is 6.58 Å². The summed E-state index contributed by atoms with van der Waals surface area (Å²) in [6.07, 6.45) is 1.13. The summed E-state index contributed by atoms with van der Waals surface area (Å²) in [6, 6.07) is -1.78. The molecule has 0 aromatic rings. The van der Waals surface area contributed by atoms with Crippen LogP contribution in [-0.2, 0) is 9.59 Å². The molecule has 0 saturated heterocycles. The second-order valence-electron chi connectivity index (χ2n) is 2.35. The van der Waals surface area contributed by atoms with Gasteiger partial charge < -0.3 is 16.2 Å². The molecule has 12 heavy (non-hydrogen) atoms. The minimum Gasteiger partial charge on any atom is -0.479 e. The average molecular weight is 172 g/mol. The van der Waals surface area contributed by atoms with Crippen molar-refractivity contribution in [2.45, 2.75) is 19.0 Å². The average Bonchev–Trinajstić information content (AvgIpc) is 1.98.